The summed E-state index contributed by atoms with van der Waals surface area (Å²) in [6, 6.07) is 5.55. The van der Waals surface area contributed by atoms with Crippen LogP contribution >= 0.6 is 0 Å². The van der Waals surface area contributed by atoms with Crippen molar-refractivity contribution in [1.82, 2.24) is 4.90 Å². The number of urea groups is 1. The van der Waals surface area contributed by atoms with Crippen molar-refractivity contribution in [3.05, 3.63) is 23.8 Å². The van der Waals surface area contributed by atoms with E-state index in [0.717, 1.165) is 42.9 Å². The van der Waals surface area contributed by atoms with Crippen LogP contribution in [0.5, 0.6) is 0 Å². The maximum Gasteiger partial charge on any atom is 0.321 e. The van der Waals surface area contributed by atoms with Crippen LogP contribution in [0.4, 0.5) is 16.2 Å². The first-order valence-corrected chi connectivity index (χ1v) is 6.09. The van der Waals surface area contributed by atoms with Gasteiger partial charge in [0.1, 0.15) is 0 Å². The van der Waals surface area contributed by atoms with Crippen molar-refractivity contribution in [2.45, 2.75) is 26.2 Å². The molecule has 92 valence electrons. The number of nitrogens with two attached hydrogens (primary N) is 1. The van der Waals surface area contributed by atoms with Gasteiger partial charge in [-0.3, -0.25) is 0 Å². The molecule has 0 aliphatic carbocycles. The van der Waals surface area contributed by atoms with Crippen LogP contribution in [-0.4, -0.2) is 24.0 Å². The third-order valence-electron chi connectivity index (χ3n) is 3.16. The minimum atomic E-state index is -0.00567. The molecule has 1 heterocycles. The molecule has 1 fully saturated rings. The maximum atomic E-state index is 11.9. The van der Waals surface area contributed by atoms with Crippen LogP contribution in [0.15, 0.2) is 18.2 Å². The van der Waals surface area contributed by atoms with Crippen molar-refractivity contribution in [2.24, 2.45) is 0 Å². The summed E-state index contributed by atoms with van der Waals surface area (Å²) < 4.78 is 0. The van der Waals surface area contributed by atoms with Crippen molar-refractivity contribution < 1.29 is 4.79 Å². The van der Waals surface area contributed by atoms with Gasteiger partial charge in [0.05, 0.1) is 0 Å². The zero-order valence-electron chi connectivity index (χ0n) is 10.2. The van der Waals surface area contributed by atoms with E-state index in [9.17, 15) is 4.79 Å². The van der Waals surface area contributed by atoms with Crippen molar-refractivity contribution in [3.63, 3.8) is 0 Å². The van der Waals surface area contributed by atoms with Crippen molar-refractivity contribution in [2.75, 3.05) is 24.1 Å². The standard InChI is InChI=1S/C13H19N3O/c1-10-9-11(5-6-12(10)14)15-13(17)16-7-3-2-4-8-16/h5-6,9H,2-4,7-8,14H2,1H3,(H,15,17). The number of likely N-dealkylation sites (tertiary alicyclic amines) is 1. The first-order chi connectivity index (χ1) is 8.16. The molecule has 0 aromatic heterocycles. The minimum absolute atomic E-state index is 0.00567. The molecule has 2 amide bonds. The molecule has 1 saturated heterocycles. The monoisotopic (exact) mass is 233 g/mol. The molecule has 1 aliphatic rings. The Morgan fingerprint density at radius 1 is 1.29 bits per heavy atom. The molecule has 0 spiro atoms. The van der Waals surface area contributed by atoms with Crippen molar-refractivity contribution >= 4 is 17.4 Å². The van der Waals surface area contributed by atoms with E-state index in [1.165, 1.54) is 6.42 Å². The van der Waals surface area contributed by atoms with E-state index in [-0.39, 0.29) is 6.03 Å². The molecule has 2 rings (SSSR count). The van der Waals surface area contributed by atoms with Crippen LogP contribution in [0.1, 0.15) is 24.8 Å². The van der Waals surface area contributed by atoms with Gasteiger partial charge in [0.25, 0.3) is 0 Å². The molecule has 1 aromatic rings. The fourth-order valence-corrected chi connectivity index (χ4v) is 2.05. The van der Waals surface area contributed by atoms with Crippen LogP contribution in [0, 0.1) is 6.92 Å². The number of amides is 2. The Bertz CT molecular complexity index is 411. The fourth-order valence-electron chi connectivity index (χ4n) is 2.05. The number of benzene rings is 1. The second-order valence-electron chi connectivity index (χ2n) is 4.55. The van der Waals surface area contributed by atoms with Gasteiger partial charge in [-0.1, -0.05) is 0 Å². The number of hydrogen-bond donors (Lipinski definition) is 2. The number of nitrogens with zero attached hydrogens (tertiary/aromatic N) is 1. The summed E-state index contributed by atoms with van der Waals surface area (Å²) in [6.07, 6.45) is 3.44. The lowest BCUT2D eigenvalue weighted by Gasteiger charge is -2.26. The van der Waals surface area contributed by atoms with E-state index in [0.29, 0.717) is 0 Å². The number of piperidine rings is 1. The lowest BCUT2D eigenvalue weighted by atomic mass is 10.1. The van der Waals surface area contributed by atoms with E-state index in [1.54, 1.807) is 0 Å². The molecule has 3 N–H and O–H groups in total. The third-order valence-corrected chi connectivity index (χ3v) is 3.16. The maximum absolute atomic E-state index is 11.9. The number of nitrogen functional groups attached to an aromatic ring is 1. The Morgan fingerprint density at radius 3 is 2.65 bits per heavy atom. The Labute approximate surface area is 102 Å². The summed E-state index contributed by atoms with van der Waals surface area (Å²) in [6.45, 7) is 3.66. The quantitative estimate of drug-likeness (QED) is 0.732. The van der Waals surface area contributed by atoms with Crippen LogP contribution in [-0.2, 0) is 0 Å². The SMILES string of the molecule is Cc1cc(NC(=O)N2CCCCC2)ccc1N. The molecule has 1 aromatic carbocycles. The summed E-state index contributed by atoms with van der Waals surface area (Å²) in [5, 5.41) is 2.91. The van der Waals surface area contributed by atoms with Crippen LogP contribution in [0.2, 0.25) is 0 Å². The zero-order valence-corrected chi connectivity index (χ0v) is 10.2. The molecular weight excluding hydrogens is 214 g/mol. The van der Waals surface area contributed by atoms with Gasteiger partial charge in [-0.25, -0.2) is 4.79 Å². The van der Waals surface area contributed by atoms with Gasteiger partial charge >= 0.3 is 6.03 Å². The Balaban J connectivity index is 1.99. The van der Waals surface area contributed by atoms with Crippen LogP contribution in [0.3, 0.4) is 0 Å². The second-order valence-corrected chi connectivity index (χ2v) is 4.55. The first kappa shape index (κ1) is 11.8. The Hall–Kier alpha value is -1.71. The number of rotatable bonds is 1. The molecule has 0 atom stereocenters. The molecular formula is C13H19N3O. The second kappa shape index (κ2) is 5.08. The molecule has 4 nitrogen and oxygen atoms in total. The lowest BCUT2D eigenvalue weighted by molar-refractivity contribution is 0.200. The topological polar surface area (TPSA) is 58.4 Å². The number of carbonyl (C=O) groups excluding carboxylic acids is 1. The highest BCUT2D eigenvalue weighted by Crippen LogP contribution is 2.17. The normalized spacial score (nSPS) is 15.7. The molecule has 4 heteroatoms. The summed E-state index contributed by atoms with van der Waals surface area (Å²) in [4.78, 5) is 13.8. The van der Waals surface area contributed by atoms with Gasteiger partial charge in [0, 0.05) is 24.5 Å². The fraction of sp³-hybridized carbons (Fsp3) is 0.462. The summed E-state index contributed by atoms with van der Waals surface area (Å²) >= 11 is 0. The van der Waals surface area contributed by atoms with Gasteiger partial charge in [-0.2, -0.15) is 0 Å². The van der Waals surface area contributed by atoms with Gasteiger partial charge in [-0.05, 0) is 49.9 Å². The van der Waals surface area contributed by atoms with E-state index in [4.69, 9.17) is 5.73 Å². The summed E-state index contributed by atoms with van der Waals surface area (Å²) in [5.41, 5.74) is 8.29. The molecule has 0 radical (unpaired) electrons. The average Bonchev–Trinajstić information content (AvgIpc) is 2.35. The largest absolute Gasteiger partial charge is 0.399 e. The van der Waals surface area contributed by atoms with Gasteiger partial charge in [-0.15, -0.1) is 0 Å². The Morgan fingerprint density at radius 2 is 2.00 bits per heavy atom. The summed E-state index contributed by atoms with van der Waals surface area (Å²) in [5.74, 6) is 0. The number of aryl methyl sites for hydroxylation is 1. The number of anilines is 2. The minimum Gasteiger partial charge on any atom is -0.399 e. The zero-order chi connectivity index (χ0) is 12.3. The summed E-state index contributed by atoms with van der Waals surface area (Å²) in [7, 11) is 0. The predicted octanol–water partition coefficient (Wildman–Crippen LogP) is 2.60. The molecule has 0 bridgehead atoms. The molecule has 0 unspecified atom stereocenters. The van der Waals surface area contributed by atoms with Crippen LogP contribution < -0.4 is 11.1 Å². The average molecular weight is 233 g/mol. The van der Waals surface area contributed by atoms with Crippen LogP contribution in [0.25, 0.3) is 0 Å². The lowest BCUT2D eigenvalue weighted by Crippen LogP contribution is -2.38. The van der Waals surface area contributed by atoms with E-state index >= 15 is 0 Å². The smallest absolute Gasteiger partial charge is 0.321 e. The highest BCUT2D eigenvalue weighted by molar-refractivity contribution is 5.89. The highest BCUT2D eigenvalue weighted by atomic mass is 16.2. The predicted molar refractivity (Wildman–Crippen MR) is 70.0 cm³/mol. The molecule has 0 saturated carbocycles. The van der Waals surface area contributed by atoms with Gasteiger partial charge < -0.3 is 16.0 Å². The molecule has 17 heavy (non-hydrogen) atoms. The number of nitrogens with one attached hydrogen (secondary N) is 1. The van der Waals surface area contributed by atoms with Gasteiger partial charge in [0.2, 0.25) is 0 Å². The number of hydrogen-bond acceptors (Lipinski definition) is 2. The van der Waals surface area contributed by atoms with E-state index in [1.807, 2.05) is 30.0 Å². The van der Waals surface area contributed by atoms with Gasteiger partial charge in [0.15, 0.2) is 0 Å². The Kier molecular flexibility index (Phi) is 3.52. The van der Waals surface area contributed by atoms with Crippen molar-refractivity contribution in [3.8, 4) is 0 Å². The van der Waals surface area contributed by atoms with Crippen molar-refractivity contribution in [1.29, 1.82) is 0 Å². The van der Waals surface area contributed by atoms with E-state index < -0.39 is 0 Å². The molecule has 1 aliphatic heterocycles. The van der Waals surface area contributed by atoms with E-state index in [2.05, 4.69) is 5.32 Å². The third kappa shape index (κ3) is 2.90. The highest BCUT2D eigenvalue weighted by Gasteiger charge is 2.16. The number of carbonyl (C=O) groups is 1. The first-order valence-electron chi connectivity index (χ1n) is 6.09.